The van der Waals surface area contributed by atoms with E-state index in [-0.39, 0.29) is 18.9 Å². The molecule has 1 N–H and O–H groups in total. The molecular formula is C20H33N3O5. The summed E-state index contributed by atoms with van der Waals surface area (Å²) in [5.74, 6) is -0.890. The lowest BCUT2D eigenvalue weighted by atomic mass is 9.81. The first-order chi connectivity index (χ1) is 13.0. The molecule has 8 heteroatoms. The largest absolute Gasteiger partial charge is 0.453 e. The molecular weight excluding hydrogens is 362 g/mol. The van der Waals surface area contributed by atoms with Crippen LogP contribution >= 0.6 is 0 Å². The quantitative estimate of drug-likeness (QED) is 0.524. The number of hydrogen-bond acceptors (Lipinski definition) is 6. The van der Waals surface area contributed by atoms with E-state index in [9.17, 15) is 19.6 Å². The predicted octanol–water partition coefficient (Wildman–Crippen LogP) is 2.91. The number of nitrogens with zero attached hydrogens (tertiary/aromatic N) is 2. The van der Waals surface area contributed by atoms with Crippen molar-refractivity contribution in [1.29, 1.82) is 5.26 Å². The average Bonchev–Trinajstić information content (AvgIpc) is 2.63. The Morgan fingerprint density at radius 2 is 1.82 bits per heavy atom. The van der Waals surface area contributed by atoms with Crippen LogP contribution in [0.2, 0.25) is 0 Å². The zero-order valence-corrected chi connectivity index (χ0v) is 17.7. The molecule has 1 aliphatic rings. The second kappa shape index (κ2) is 10.3. The Hall–Kier alpha value is -2.30. The van der Waals surface area contributed by atoms with Gasteiger partial charge in [0, 0.05) is 20.0 Å². The summed E-state index contributed by atoms with van der Waals surface area (Å²) in [6.07, 6.45) is 3.10. The zero-order chi connectivity index (χ0) is 21.4. The van der Waals surface area contributed by atoms with Crippen molar-refractivity contribution in [2.24, 2.45) is 0 Å². The zero-order valence-electron chi connectivity index (χ0n) is 17.7. The summed E-state index contributed by atoms with van der Waals surface area (Å²) in [6, 6.07) is 2.29. The number of likely N-dealkylation sites (N-methyl/N-ethyl adjacent to an activating group) is 1. The molecule has 1 aliphatic carbocycles. The van der Waals surface area contributed by atoms with Crippen molar-refractivity contribution in [3.63, 3.8) is 0 Å². The third-order valence-corrected chi connectivity index (χ3v) is 4.74. The van der Waals surface area contributed by atoms with Gasteiger partial charge < -0.3 is 19.7 Å². The number of hydrogen-bond donors (Lipinski definition) is 1. The first kappa shape index (κ1) is 23.7. The van der Waals surface area contributed by atoms with Gasteiger partial charge in [0.1, 0.15) is 11.1 Å². The van der Waals surface area contributed by atoms with Gasteiger partial charge in [0.2, 0.25) is 0 Å². The van der Waals surface area contributed by atoms with E-state index in [1.807, 2.05) is 0 Å². The van der Waals surface area contributed by atoms with Crippen molar-refractivity contribution in [1.82, 2.24) is 10.2 Å². The Balaban J connectivity index is 2.40. The number of carbonyl (C=O) groups excluding carboxylic acids is 3. The molecule has 0 unspecified atom stereocenters. The van der Waals surface area contributed by atoms with E-state index in [2.05, 4.69) is 11.4 Å². The van der Waals surface area contributed by atoms with Crippen LogP contribution in [0.5, 0.6) is 0 Å². The Bertz CT molecular complexity index is 600. The Kier molecular flexibility index (Phi) is 8.73. The number of amides is 2. The van der Waals surface area contributed by atoms with E-state index < -0.39 is 29.3 Å². The van der Waals surface area contributed by atoms with E-state index in [4.69, 9.17) is 9.47 Å². The number of nitriles is 1. The fraction of sp³-hybridized carbons (Fsp3) is 0.800. The van der Waals surface area contributed by atoms with E-state index in [0.29, 0.717) is 19.3 Å². The molecule has 28 heavy (non-hydrogen) atoms. The van der Waals surface area contributed by atoms with Crippen LogP contribution in [0.3, 0.4) is 0 Å². The lowest BCUT2D eigenvalue weighted by molar-refractivity contribution is -0.161. The minimum atomic E-state index is -0.955. The number of ether oxygens (including phenoxy) is 2. The number of alkyl carbamates (subject to hydrolysis) is 1. The summed E-state index contributed by atoms with van der Waals surface area (Å²) in [5.41, 5.74) is -1.39. The highest BCUT2D eigenvalue weighted by Crippen LogP contribution is 2.32. The highest BCUT2D eigenvalue weighted by atomic mass is 16.6. The molecule has 1 fully saturated rings. The first-order valence-electron chi connectivity index (χ1n) is 9.86. The average molecular weight is 396 g/mol. The molecule has 1 rings (SSSR count). The highest BCUT2D eigenvalue weighted by molar-refractivity contribution is 5.84. The number of rotatable bonds is 7. The van der Waals surface area contributed by atoms with Crippen molar-refractivity contribution in [2.45, 2.75) is 89.9 Å². The molecule has 0 saturated heterocycles. The molecule has 0 aromatic heterocycles. The maximum atomic E-state index is 12.6. The third-order valence-electron chi connectivity index (χ3n) is 4.74. The normalized spacial score (nSPS) is 17.0. The van der Waals surface area contributed by atoms with Crippen molar-refractivity contribution in [3.8, 4) is 6.07 Å². The molecule has 0 spiro atoms. The van der Waals surface area contributed by atoms with Crippen LogP contribution in [-0.2, 0) is 19.1 Å². The first-order valence-corrected chi connectivity index (χ1v) is 9.86. The lowest BCUT2D eigenvalue weighted by Gasteiger charge is -2.39. The number of nitrogens with one attached hydrogen (secondary N) is 1. The van der Waals surface area contributed by atoms with Crippen LogP contribution in [0.1, 0.15) is 72.6 Å². The summed E-state index contributed by atoms with van der Waals surface area (Å²) < 4.78 is 10.3. The smallest absolute Gasteiger partial charge is 0.407 e. The fourth-order valence-corrected chi connectivity index (χ4v) is 3.19. The summed E-state index contributed by atoms with van der Waals surface area (Å²) in [4.78, 5) is 37.6. The predicted molar refractivity (Wildman–Crippen MR) is 103 cm³/mol. The molecule has 0 aromatic carbocycles. The molecule has 1 saturated carbocycles. The van der Waals surface area contributed by atoms with E-state index in [0.717, 1.165) is 19.3 Å². The van der Waals surface area contributed by atoms with Gasteiger partial charge in [0.15, 0.2) is 6.10 Å². The molecule has 0 bridgehead atoms. The SMILES string of the molecule is C[C@H](OC(=O)CCCNC(=O)OC(C)(C)C)C(=O)N(C)C1(C#N)CCCCC1. The maximum Gasteiger partial charge on any atom is 0.407 e. The monoisotopic (exact) mass is 395 g/mol. The molecule has 2 amide bonds. The van der Waals surface area contributed by atoms with Gasteiger partial charge in [-0.05, 0) is 47.0 Å². The molecule has 0 aromatic rings. The van der Waals surface area contributed by atoms with Crippen molar-refractivity contribution < 1.29 is 23.9 Å². The summed E-state index contributed by atoms with van der Waals surface area (Å²) in [5, 5.41) is 12.2. The van der Waals surface area contributed by atoms with Crippen LogP contribution in [0, 0.1) is 11.3 Å². The van der Waals surface area contributed by atoms with E-state index in [1.54, 1.807) is 27.8 Å². The van der Waals surface area contributed by atoms with Gasteiger partial charge in [0.25, 0.3) is 5.91 Å². The second-order valence-corrected chi connectivity index (χ2v) is 8.27. The van der Waals surface area contributed by atoms with Gasteiger partial charge in [-0.15, -0.1) is 0 Å². The third kappa shape index (κ3) is 7.37. The summed E-state index contributed by atoms with van der Waals surface area (Å²) in [7, 11) is 1.60. The minimum absolute atomic E-state index is 0.0700. The van der Waals surface area contributed by atoms with Crippen LogP contribution in [0.15, 0.2) is 0 Å². The van der Waals surface area contributed by atoms with Gasteiger partial charge in [-0.2, -0.15) is 5.26 Å². The minimum Gasteiger partial charge on any atom is -0.453 e. The van der Waals surface area contributed by atoms with Gasteiger partial charge in [-0.25, -0.2) is 4.79 Å². The van der Waals surface area contributed by atoms with Crippen molar-refractivity contribution in [3.05, 3.63) is 0 Å². The molecule has 158 valence electrons. The second-order valence-electron chi connectivity index (χ2n) is 8.27. The van der Waals surface area contributed by atoms with Gasteiger partial charge in [-0.3, -0.25) is 9.59 Å². The number of esters is 1. The lowest BCUT2D eigenvalue weighted by Crippen LogP contribution is -2.53. The summed E-state index contributed by atoms with van der Waals surface area (Å²) >= 11 is 0. The highest BCUT2D eigenvalue weighted by Gasteiger charge is 2.40. The van der Waals surface area contributed by atoms with E-state index >= 15 is 0 Å². The Labute approximate surface area is 167 Å². The van der Waals surface area contributed by atoms with Crippen molar-refractivity contribution in [2.75, 3.05) is 13.6 Å². The van der Waals surface area contributed by atoms with E-state index in [1.165, 1.54) is 11.8 Å². The Morgan fingerprint density at radius 1 is 1.21 bits per heavy atom. The van der Waals surface area contributed by atoms with Crippen LogP contribution in [-0.4, -0.2) is 53.7 Å². The van der Waals surface area contributed by atoms with Gasteiger partial charge >= 0.3 is 12.1 Å². The maximum absolute atomic E-state index is 12.6. The molecule has 0 aliphatic heterocycles. The number of carbonyl (C=O) groups is 3. The van der Waals surface area contributed by atoms with Crippen LogP contribution in [0.4, 0.5) is 4.79 Å². The summed E-state index contributed by atoms with van der Waals surface area (Å²) in [6.45, 7) is 7.09. The topological polar surface area (TPSA) is 109 Å². The van der Waals surface area contributed by atoms with Gasteiger partial charge in [0.05, 0.1) is 6.07 Å². The molecule has 0 radical (unpaired) electrons. The van der Waals surface area contributed by atoms with Crippen LogP contribution < -0.4 is 5.32 Å². The van der Waals surface area contributed by atoms with Crippen LogP contribution in [0.25, 0.3) is 0 Å². The van der Waals surface area contributed by atoms with Crippen molar-refractivity contribution >= 4 is 18.0 Å². The molecule has 0 heterocycles. The molecule has 1 atom stereocenters. The standard InChI is InChI=1S/C20H33N3O5/c1-15(17(25)23(5)20(14-21)11-7-6-8-12-20)27-16(24)10-9-13-22-18(26)28-19(2,3)4/h15H,6-13H2,1-5H3,(H,22,26)/t15-/m0/s1. The van der Waals surface area contributed by atoms with Gasteiger partial charge in [-0.1, -0.05) is 19.3 Å². The molecule has 8 nitrogen and oxygen atoms in total. The fourth-order valence-electron chi connectivity index (χ4n) is 3.19. The Morgan fingerprint density at radius 3 is 2.36 bits per heavy atom.